The molecular formula is C15H18BrNO6S. The van der Waals surface area contributed by atoms with Crippen LogP contribution in [-0.2, 0) is 19.6 Å². The minimum absolute atomic E-state index is 0.0665. The molecule has 1 aromatic carbocycles. The van der Waals surface area contributed by atoms with Crippen molar-refractivity contribution in [2.24, 2.45) is 0 Å². The van der Waals surface area contributed by atoms with Gasteiger partial charge in [-0.15, -0.1) is 5.92 Å². The maximum atomic E-state index is 12.2. The van der Waals surface area contributed by atoms with Crippen molar-refractivity contribution in [2.75, 3.05) is 25.2 Å². The van der Waals surface area contributed by atoms with Crippen molar-refractivity contribution in [2.45, 2.75) is 17.9 Å². The van der Waals surface area contributed by atoms with Crippen LogP contribution in [0.4, 0.5) is 0 Å². The molecule has 0 aliphatic rings. The van der Waals surface area contributed by atoms with Crippen molar-refractivity contribution < 1.29 is 27.8 Å². The monoisotopic (exact) mass is 419 g/mol. The maximum Gasteiger partial charge on any atom is 0.324 e. The molecule has 0 heterocycles. The van der Waals surface area contributed by atoms with Gasteiger partial charge in [0.15, 0.2) is 0 Å². The SMILES string of the molecule is CC#CCOc1ccc(S(=O)(=O)NC(COCCBr)C(=O)O)cc1. The molecule has 1 atom stereocenters. The van der Waals surface area contributed by atoms with Crippen LogP contribution in [0.15, 0.2) is 29.2 Å². The number of carboxylic acids is 1. The number of carbonyl (C=O) groups is 1. The number of nitrogens with one attached hydrogen (secondary N) is 1. The number of hydrogen-bond acceptors (Lipinski definition) is 5. The summed E-state index contributed by atoms with van der Waals surface area (Å²) in [6.45, 7) is 1.90. The molecule has 1 rings (SSSR count). The summed E-state index contributed by atoms with van der Waals surface area (Å²) in [6, 6.07) is 4.24. The molecule has 0 spiro atoms. The van der Waals surface area contributed by atoms with Gasteiger partial charge in [0.05, 0.1) is 18.1 Å². The third kappa shape index (κ3) is 6.88. The van der Waals surface area contributed by atoms with E-state index in [4.69, 9.17) is 14.6 Å². The van der Waals surface area contributed by atoms with Gasteiger partial charge in [0, 0.05) is 5.33 Å². The minimum Gasteiger partial charge on any atom is -0.481 e. The van der Waals surface area contributed by atoms with Gasteiger partial charge in [-0.25, -0.2) is 8.42 Å². The molecule has 2 N–H and O–H groups in total. The molecule has 0 fully saturated rings. The van der Waals surface area contributed by atoms with Crippen LogP contribution in [0.3, 0.4) is 0 Å². The van der Waals surface area contributed by atoms with Crippen LogP contribution in [0.5, 0.6) is 5.75 Å². The highest BCUT2D eigenvalue weighted by Crippen LogP contribution is 2.16. The largest absolute Gasteiger partial charge is 0.481 e. The predicted octanol–water partition coefficient (Wildman–Crippen LogP) is 1.23. The van der Waals surface area contributed by atoms with E-state index in [1.54, 1.807) is 6.92 Å². The smallest absolute Gasteiger partial charge is 0.324 e. The van der Waals surface area contributed by atoms with Crippen molar-refractivity contribution in [3.63, 3.8) is 0 Å². The third-order valence-corrected chi connectivity index (χ3v) is 4.53. The summed E-state index contributed by atoms with van der Waals surface area (Å²) in [7, 11) is -3.99. The average molecular weight is 420 g/mol. The molecule has 9 heteroatoms. The third-order valence-electron chi connectivity index (χ3n) is 2.72. The standard InChI is InChI=1S/C15H18BrNO6S/c1-2-3-9-23-12-4-6-13(7-5-12)24(20,21)17-14(15(18)19)11-22-10-8-16/h4-7,14,17H,8-11H2,1H3,(H,18,19). The van der Waals surface area contributed by atoms with E-state index in [1.807, 2.05) is 0 Å². The lowest BCUT2D eigenvalue weighted by atomic mass is 10.3. The Morgan fingerprint density at radius 1 is 1.38 bits per heavy atom. The van der Waals surface area contributed by atoms with E-state index in [9.17, 15) is 13.2 Å². The number of alkyl halides is 1. The highest BCUT2D eigenvalue weighted by atomic mass is 79.9. The summed E-state index contributed by atoms with van der Waals surface area (Å²) in [5.41, 5.74) is 0. The topological polar surface area (TPSA) is 102 Å². The zero-order chi connectivity index (χ0) is 18.0. The van der Waals surface area contributed by atoms with Gasteiger partial charge in [-0.1, -0.05) is 21.9 Å². The lowest BCUT2D eigenvalue weighted by Gasteiger charge is -2.15. The molecular weight excluding hydrogens is 402 g/mol. The molecule has 0 saturated heterocycles. The molecule has 0 aromatic heterocycles. The maximum absolute atomic E-state index is 12.2. The van der Waals surface area contributed by atoms with Gasteiger partial charge in [0.1, 0.15) is 18.4 Å². The molecule has 0 radical (unpaired) electrons. The Morgan fingerprint density at radius 2 is 2.04 bits per heavy atom. The van der Waals surface area contributed by atoms with Crippen molar-refractivity contribution in [3.05, 3.63) is 24.3 Å². The summed E-state index contributed by atoms with van der Waals surface area (Å²) in [6.07, 6.45) is 0. The molecule has 132 valence electrons. The molecule has 0 bridgehead atoms. The van der Waals surface area contributed by atoms with Gasteiger partial charge in [-0.3, -0.25) is 4.79 Å². The minimum atomic E-state index is -3.99. The van der Waals surface area contributed by atoms with Crippen molar-refractivity contribution in [1.82, 2.24) is 4.72 Å². The van der Waals surface area contributed by atoms with Crippen molar-refractivity contribution in [1.29, 1.82) is 0 Å². The summed E-state index contributed by atoms with van der Waals surface area (Å²) in [4.78, 5) is 11.1. The molecule has 0 aliphatic heterocycles. The molecule has 0 amide bonds. The van der Waals surface area contributed by atoms with Crippen LogP contribution in [0.25, 0.3) is 0 Å². The molecule has 24 heavy (non-hydrogen) atoms. The zero-order valence-corrected chi connectivity index (χ0v) is 15.4. The highest BCUT2D eigenvalue weighted by Gasteiger charge is 2.25. The van der Waals surface area contributed by atoms with Gasteiger partial charge >= 0.3 is 5.97 Å². The number of rotatable bonds is 10. The second-order valence-corrected chi connectivity index (χ2v) is 6.97. The number of sulfonamides is 1. The summed E-state index contributed by atoms with van der Waals surface area (Å²) < 4.78 is 37.0. The summed E-state index contributed by atoms with van der Waals surface area (Å²) in [5, 5.41) is 9.62. The fraction of sp³-hybridized carbons (Fsp3) is 0.400. The van der Waals surface area contributed by atoms with Gasteiger partial charge in [-0.05, 0) is 31.2 Å². The van der Waals surface area contributed by atoms with Crippen LogP contribution >= 0.6 is 15.9 Å². The van der Waals surface area contributed by atoms with E-state index in [0.29, 0.717) is 11.1 Å². The lowest BCUT2D eigenvalue weighted by molar-refractivity contribution is -0.140. The fourth-order valence-electron chi connectivity index (χ4n) is 1.57. The molecule has 1 aromatic rings. The Balaban J connectivity index is 2.77. The fourth-order valence-corrected chi connectivity index (χ4v) is 2.98. The van der Waals surface area contributed by atoms with Gasteiger partial charge in [-0.2, -0.15) is 4.72 Å². The Morgan fingerprint density at radius 3 is 2.58 bits per heavy atom. The van der Waals surface area contributed by atoms with E-state index in [-0.39, 0.29) is 24.7 Å². The first-order valence-corrected chi connectivity index (χ1v) is 9.52. The van der Waals surface area contributed by atoms with Crippen LogP contribution in [0.1, 0.15) is 6.92 Å². The van der Waals surface area contributed by atoms with Crippen LogP contribution < -0.4 is 9.46 Å². The summed E-state index contributed by atoms with van der Waals surface area (Å²) in [5.74, 6) is 4.55. The number of hydrogen-bond donors (Lipinski definition) is 2. The van der Waals surface area contributed by atoms with Gasteiger partial charge in [0.2, 0.25) is 10.0 Å². The first kappa shape index (κ1) is 20.4. The molecule has 1 unspecified atom stereocenters. The average Bonchev–Trinajstić information content (AvgIpc) is 2.54. The van der Waals surface area contributed by atoms with E-state index >= 15 is 0 Å². The zero-order valence-electron chi connectivity index (χ0n) is 13.0. The van der Waals surface area contributed by atoms with Crippen molar-refractivity contribution >= 4 is 31.9 Å². The van der Waals surface area contributed by atoms with E-state index in [1.165, 1.54) is 24.3 Å². The molecule has 0 aliphatic carbocycles. The summed E-state index contributed by atoms with van der Waals surface area (Å²) >= 11 is 3.13. The number of aliphatic carboxylic acids is 1. The Kier molecular flexibility index (Phi) is 8.78. The first-order valence-electron chi connectivity index (χ1n) is 6.92. The van der Waals surface area contributed by atoms with Crippen LogP contribution in [-0.4, -0.2) is 50.7 Å². The second-order valence-electron chi connectivity index (χ2n) is 4.46. The van der Waals surface area contributed by atoms with Crippen LogP contribution in [0, 0.1) is 11.8 Å². The number of carboxylic acid groups (broad SMARTS) is 1. The number of ether oxygens (including phenoxy) is 2. The van der Waals surface area contributed by atoms with E-state index < -0.39 is 22.0 Å². The number of benzene rings is 1. The van der Waals surface area contributed by atoms with Gasteiger partial charge < -0.3 is 14.6 Å². The first-order chi connectivity index (χ1) is 11.4. The Hall–Kier alpha value is -1.60. The predicted molar refractivity (Wildman–Crippen MR) is 91.7 cm³/mol. The lowest BCUT2D eigenvalue weighted by Crippen LogP contribution is -2.44. The van der Waals surface area contributed by atoms with Crippen LogP contribution in [0.2, 0.25) is 0 Å². The quantitative estimate of drug-likeness (QED) is 0.336. The van der Waals surface area contributed by atoms with E-state index in [2.05, 4.69) is 32.5 Å². The molecule has 0 saturated carbocycles. The van der Waals surface area contributed by atoms with E-state index in [0.717, 1.165) is 0 Å². The Labute approximate surface area is 149 Å². The second kappa shape index (κ2) is 10.3. The molecule has 7 nitrogen and oxygen atoms in total. The normalized spacial score (nSPS) is 12.1. The van der Waals surface area contributed by atoms with Gasteiger partial charge in [0.25, 0.3) is 0 Å². The van der Waals surface area contributed by atoms with Crippen molar-refractivity contribution in [3.8, 4) is 17.6 Å². The highest BCUT2D eigenvalue weighted by molar-refractivity contribution is 9.09. The number of halogens is 1. The Bertz CT molecular complexity index is 693.